The predicted octanol–water partition coefficient (Wildman–Crippen LogP) is 3.83. The summed E-state index contributed by atoms with van der Waals surface area (Å²) < 4.78 is 28.1. The van der Waals surface area contributed by atoms with Gasteiger partial charge in [0, 0.05) is 0 Å². The van der Waals surface area contributed by atoms with Gasteiger partial charge in [0.1, 0.15) is 11.9 Å². The Morgan fingerprint density at radius 2 is 1.13 bits per heavy atom. The molecule has 0 aliphatic carbocycles. The Morgan fingerprint density at radius 1 is 0.652 bits per heavy atom. The second-order valence-corrected chi connectivity index (χ2v) is 6.10. The molecule has 0 bridgehead atoms. The summed E-state index contributed by atoms with van der Waals surface area (Å²) in [6, 6.07) is 26.3. The van der Waals surface area contributed by atoms with Crippen molar-refractivity contribution in [1.29, 1.82) is 0 Å². The van der Waals surface area contributed by atoms with Crippen molar-refractivity contribution in [2.24, 2.45) is 0 Å². The summed E-state index contributed by atoms with van der Waals surface area (Å²) in [4.78, 5) is 0.281. The number of rotatable bonds is 5. The van der Waals surface area contributed by atoms with Crippen LogP contribution in [0.25, 0.3) is 0 Å². The first-order chi connectivity index (χ1) is 11.2. The second kappa shape index (κ2) is 7.11. The van der Waals surface area contributed by atoms with E-state index in [0.29, 0.717) is 5.75 Å². The maximum atomic E-state index is 11.0. The van der Waals surface area contributed by atoms with E-state index >= 15 is 0 Å². The molecule has 3 nitrogen and oxygen atoms in total. The first-order valence-corrected chi connectivity index (χ1v) is 8.43. The average Bonchev–Trinajstić information content (AvgIpc) is 2.61. The maximum absolute atomic E-state index is 11.0. The molecule has 0 radical (unpaired) electrons. The Hall–Kier alpha value is -2.59. The molecule has 0 amide bonds. The van der Waals surface area contributed by atoms with Gasteiger partial charge in [-0.05, 0) is 35.4 Å². The van der Waals surface area contributed by atoms with E-state index in [4.69, 9.17) is 4.74 Å². The fourth-order valence-corrected chi connectivity index (χ4v) is 2.76. The van der Waals surface area contributed by atoms with Crippen molar-refractivity contribution in [3.05, 3.63) is 96.1 Å². The number of benzene rings is 3. The number of ether oxygens (including phenoxy) is 1. The Kier molecular flexibility index (Phi) is 4.74. The summed E-state index contributed by atoms with van der Waals surface area (Å²) >= 11 is 0. The van der Waals surface area contributed by atoms with Crippen molar-refractivity contribution in [2.75, 3.05) is 0 Å². The van der Waals surface area contributed by atoms with E-state index in [1.807, 2.05) is 60.7 Å². The molecule has 0 aromatic heterocycles. The van der Waals surface area contributed by atoms with Crippen LogP contribution in [0, 0.1) is 0 Å². The number of hydrogen-bond acceptors (Lipinski definition) is 3. The predicted molar refractivity (Wildman–Crippen MR) is 90.4 cm³/mol. The highest BCUT2D eigenvalue weighted by Crippen LogP contribution is 2.28. The van der Waals surface area contributed by atoms with Crippen molar-refractivity contribution < 1.29 is 13.2 Å². The van der Waals surface area contributed by atoms with E-state index < -0.39 is 10.7 Å². The SMILES string of the molecule is O=[SH](=O)c1ccc(OC(c2ccccc2)c2ccccc2)cc1. The second-order valence-electron chi connectivity index (χ2n) is 5.07. The Morgan fingerprint density at radius 3 is 1.57 bits per heavy atom. The van der Waals surface area contributed by atoms with Crippen LogP contribution in [0.5, 0.6) is 5.75 Å². The highest BCUT2D eigenvalue weighted by atomic mass is 32.2. The molecule has 0 fully saturated rings. The first-order valence-electron chi connectivity index (χ1n) is 7.25. The van der Waals surface area contributed by atoms with Crippen molar-refractivity contribution >= 4 is 10.7 Å². The molecule has 116 valence electrons. The molecule has 0 heterocycles. The molecule has 0 saturated carbocycles. The van der Waals surface area contributed by atoms with Crippen molar-refractivity contribution in [3.8, 4) is 5.75 Å². The Bertz CT molecular complexity index is 778. The van der Waals surface area contributed by atoms with Crippen LogP contribution in [-0.4, -0.2) is 8.42 Å². The van der Waals surface area contributed by atoms with Gasteiger partial charge in [0.05, 0.1) is 4.90 Å². The van der Waals surface area contributed by atoms with Gasteiger partial charge in [-0.15, -0.1) is 0 Å². The van der Waals surface area contributed by atoms with Gasteiger partial charge in [-0.3, -0.25) is 0 Å². The highest BCUT2D eigenvalue weighted by Gasteiger charge is 2.15. The largest absolute Gasteiger partial charge is 0.481 e. The van der Waals surface area contributed by atoms with Crippen LogP contribution >= 0.6 is 0 Å². The van der Waals surface area contributed by atoms with Gasteiger partial charge in [0.25, 0.3) is 0 Å². The van der Waals surface area contributed by atoms with E-state index in [1.165, 1.54) is 0 Å². The molecular weight excluding hydrogens is 308 g/mol. The lowest BCUT2D eigenvalue weighted by atomic mass is 10.0. The molecular formula is C19H16O3S. The van der Waals surface area contributed by atoms with Gasteiger partial charge in [-0.1, -0.05) is 60.7 Å². The van der Waals surface area contributed by atoms with Gasteiger partial charge in [0.15, 0.2) is 10.7 Å². The van der Waals surface area contributed by atoms with Gasteiger partial charge in [-0.2, -0.15) is 0 Å². The van der Waals surface area contributed by atoms with Gasteiger partial charge < -0.3 is 4.74 Å². The summed E-state index contributed by atoms with van der Waals surface area (Å²) in [5.74, 6) is 0.628. The molecule has 0 saturated heterocycles. The first kappa shape index (κ1) is 15.3. The van der Waals surface area contributed by atoms with Gasteiger partial charge in [0.2, 0.25) is 0 Å². The molecule has 0 unspecified atom stereocenters. The normalized spacial score (nSPS) is 10.9. The monoisotopic (exact) mass is 324 g/mol. The molecule has 0 N–H and O–H groups in total. The van der Waals surface area contributed by atoms with E-state index in [9.17, 15) is 8.42 Å². The third kappa shape index (κ3) is 3.79. The maximum Gasteiger partial charge on any atom is 0.168 e. The fourth-order valence-electron chi connectivity index (χ4n) is 2.37. The van der Waals surface area contributed by atoms with Crippen molar-refractivity contribution in [3.63, 3.8) is 0 Å². The minimum absolute atomic E-state index is 0.246. The molecule has 3 aromatic carbocycles. The quantitative estimate of drug-likeness (QED) is 0.726. The topological polar surface area (TPSA) is 43.4 Å². The van der Waals surface area contributed by atoms with Crippen LogP contribution in [-0.2, 0) is 10.7 Å². The third-order valence-electron chi connectivity index (χ3n) is 3.51. The lowest BCUT2D eigenvalue weighted by Gasteiger charge is -2.20. The van der Waals surface area contributed by atoms with E-state index in [0.717, 1.165) is 11.1 Å². The van der Waals surface area contributed by atoms with Crippen LogP contribution < -0.4 is 4.74 Å². The van der Waals surface area contributed by atoms with E-state index in [1.54, 1.807) is 24.3 Å². The zero-order valence-corrected chi connectivity index (χ0v) is 13.2. The van der Waals surface area contributed by atoms with E-state index in [2.05, 4.69) is 0 Å². The lowest BCUT2D eigenvalue weighted by Crippen LogP contribution is -2.09. The summed E-state index contributed by atoms with van der Waals surface area (Å²) in [5, 5.41) is 0. The van der Waals surface area contributed by atoms with Gasteiger partial charge in [-0.25, -0.2) is 8.42 Å². The number of hydrogen-bond donors (Lipinski definition) is 1. The minimum Gasteiger partial charge on any atom is -0.481 e. The van der Waals surface area contributed by atoms with Crippen LogP contribution in [0.4, 0.5) is 0 Å². The molecule has 0 aliphatic rings. The molecule has 0 spiro atoms. The summed E-state index contributed by atoms with van der Waals surface area (Å²) in [5.41, 5.74) is 2.08. The van der Waals surface area contributed by atoms with E-state index in [-0.39, 0.29) is 11.0 Å². The van der Waals surface area contributed by atoms with Crippen LogP contribution in [0.2, 0.25) is 0 Å². The standard InChI is InChI=1S/C19H16O3S/c20-23(21)18-13-11-17(12-14-18)22-19(15-7-3-1-4-8-15)16-9-5-2-6-10-16/h1-14,19,23H. The fraction of sp³-hybridized carbons (Fsp3) is 0.0526. The smallest absolute Gasteiger partial charge is 0.168 e. The summed E-state index contributed by atoms with van der Waals surface area (Å²) in [7, 11) is -2.57. The minimum atomic E-state index is -2.57. The Labute approximate surface area is 137 Å². The molecule has 3 aromatic rings. The van der Waals surface area contributed by atoms with Crippen LogP contribution in [0.1, 0.15) is 17.2 Å². The van der Waals surface area contributed by atoms with Crippen molar-refractivity contribution in [1.82, 2.24) is 0 Å². The molecule has 0 aliphatic heterocycles. The highest BCUT2D eigenvalue weighted by molar-refractivity contribution is 7.72. The Balaban J connectivity index is 1.93. The molecule has 23 heavy (non-hydrogen) atoms. The van der Waals surface area contributed by atoms with Crippen LogP contribution in [0.3, 0.4) is 0 Å². The zero-order valence-electron chi connectivity index (χ0n) is 12.3. The zero-order chi connectivity index (χ0) is 16.1. The van der Waals surface area contributed by atoms with Gasteiger partial charge >= 0.3 is 0 Å². The summed E-state index contributed by atoms with van der Waals surface area (Å²) in [6.07, 6.45) is -0.246. The summed E-state index contributed by atoms with van der Waals surface area (Å²) in [6.45, 7) is 0. The average molecular weight is 324 g/mol. The number of thiol groups is 1. The lowest BCUT2D eigenvalue weighted by molar-refractivity contribution is 0.247. The van der Waals surface area contributed by atoms with Crippen LogP contribution in [0.15, 0.2) is 89.8 Å². The third-order valence-corrected chi connectivity index (χ3v) is 4.23. The van der Waals surface area contributed by atoms with Crippen molar-refractivity contribution in [2.45, 2.75) is 11.0 Å². The molecule has 3 rings (SSSR count). The molecule has 0 atom stereocenters. The molecule has 4 heteroatoms.